The van der Waals surface area contributed by atoms with E-state index >= 15 is 0 Å². The van der Waals surface area contributed by atoms with E-state index in [0.717, 1.165) is 18.7 Å². The Bertz CT molecular complexity index is 351. The fourth-order valence-electron chi connectivity index (χ4n) is 2.68. The van der Waals surface area contributed by atoms with Crippen molar-refractivity contribution in [3.8, 4) is 0 Å². The van der Waals surface area contributed by atoms with Crippen molar-refractivity contribution >= 4 is 11.6 Å². The summed E-state index contributed by atoms with van der Waals surface area (Å²) in [5, 5.41) is 4.24. The maximum absolute atomic E-state index is 5.91. The minimum absolute atomic E-state index is 0.368. The van der Waals surface area contributed by atoms with Crippen molar-refractivity contribution in [2.75, 3.05) is 6.54 Å². The monoisotopic (exact) mass is 310 g/mol. The smallest absolute Gasteiger partial charge is 0.0589 e. The van der Waals surface area contributed by atoms with Gasteiger partial charge in [-0.25, -0.2) is 0 Å². The number of unbranched alkanes of at least 4 members (excludes halogenated alkanes) is 7. The van der Waals surface area contributed by atoms with Crippen LogP contribution in [0.2, 0.25) is 5.02 Å². The van der Waals surface area contributed by atoms with Gasteiger partial charge in [-0.15, -0.1) is 0 Å². The normalized spacial score (nSPS) is 12.5. The highest BCUT2D eigenvalue weighted by Gasteiger charge is 2.11. The molecule has 0 aliphatic rings. The van der Waals surface area contributed by atoms with Crippen LogP contribution in [-0.4, -0.2) is 11.5 Å². The standard InChI is InChI=1S/C18H31ClN2/c1-3-5-6-7-8-9-10-11-12-17(20-4-2)18-14-13-16(19)15-21-18/h13-15,17,20H,3-12H2,1-2H3. The highest BCUT2D eigenvalue weighted by molar-refractivity contribution is 6.30. The second-order valence-corrected chi connectivity index (χ2v) is 6.21. The Balaban J connectivity index is 2.21. The van der Waals surface area contributed by atoms with Crippen molar-refractivity contribution in [3.05, 3.63) is 29.0 Å². The first kappa shape index (κ1) is 18.4. The summed E-state index contributed by atoms with van der Waals surface area (Å²) in [6.45, 7) is 5.40. The van der Waals surface area contributed by atoms with Crippen LogP contribution in [0, 0.1) is 0 Å². The molecule has 0 saturated heterocycles. The van der Waals surface area contributed by atoms with Crippen LogP contribution < -0.4 is 5.32 Å². The number of aromatic nitrogens is 1. The van der Waals surface area contributed by atoms with Gasteiger partial charge in [0, 0.05) is 12.2 Å². The molecule has 0 fully saturated rings. The topological polar surface area (TPSA) is 24.9 Å². The van der Waals surface area contributed by atoms with Gasteiger partial charge in [-0.05, 0) is 25.1 Å². The van der Waals surface area contributed by atoms with E-state index in [1.165, 1.54) is 51.4 Å². The lowest BCUT2D eigenvalue weighted by Crippen LogP contribution is -2.21. The minimum Gasteiger partial charge on any atom is -0.309 e. The molecular weight excluding hydrogens is 280 g/mol. The van der Waals surface area contributed by atoms with Crippen LogP contribution in [0.15, 0.2) is 18.3 Å². The molecule has 0 saturated carbocycles. The van der Waals surface area contributed by atoms with Gasteiger partial charge in [0.25, 0.3) is 0 Å². The third-order valence-corrected chi connectivity index (χ3v) is 4.13. The second kappa shape index (κ2) is 12.0. The first-order chi connectivity index (χ1) is 10.3. The van der Waals surface area contributed by atoms with Crippen LogP contribution in [0.5, 0.6) is 0 Å². The van der Waals surface area contributed by atoms with E-state index in [1.807, 2.05) is 12.1 Å². The van der Waals surface area contributed by atoms with Gasteiger partial charge in [-0.1, -0.05) is 76.8 Å². The zero-order valence-electron chi connectivity index (χ0n) is 13.7. The molecule has 0 aliphatic heterocycles. The Morgan fingerprint density at radius 2 is 1.67 bits per heavy atom. The second-order valence-electron chi connectivity index (χ2n) is 5.78. The highest BCUT2D eigenvalue weighted by Crippen LogP contribution is 2.20. The molecule has 0 amide bonds. The molecule has 3 heteroatoms. The fraction of sp³-hybridized carbons (Fsp3) is 0.722. The van der Waals surface area contributed by atoms with E-state index in [2.05, 4.69) is 24.1 Å². The van der Waals surface area contributed by atoms with Crippen molar-refractivity contribution < 1.29 is 0 Å². The Kier molecular flexibility index (Phi) is 10.5. The average molecular weight is 311 g/mol. The number of pyridine rings is 1. The summed E-state index contributed by atoms with van der Waals surface area (Å²) in [7, 11) is 0. The zero-order valence-corrected chi connectivity index (χ0v) is 14.5. The molecule has 21 heavy (non-hydrogen) atoms. The summed E-state index contributed by atoms with van der Waals surface area (Å²) in [4.78, 5) is 4.45. The van der Waals surface area contributed by atoms with Crippen LogP contribution in [-0.2, 0) is 0 Å². The first-order valence-electron chi connectivity index (χ1n) is 8.62. The van der Waals surface area contributed by atoms with Crippen molar-refractivity contribution in [2.24, 2.45) is 0 Å². The Hall–Kier alpha value is -0.600. The maximum Gasteiger partial charge on any atom is 0.0589 e. The van der Waals surface area contributed by atoms with Gasteiger partial charge in [0.1, 0.15) is 0 Å². The van der Waals surface area contributed by atoms with Crippen LogP contribution in [0.4, 0.5) is 0 Å². The van der Waals surface area contributed by atoms with E-state index in [0.29, 0.717) is 11.1 Å². The van der Waals surface area contributed by atoms with Crippen LogP contribution in [0.1, 0.15) is 83.4 Å². The summed E-state index contributed by atoms with van der Waals surface area (Å²) < 4.78 is 0. The summed E-state index contributed by atoms with van der Waals surface area (Å²) in [5.74, 6) is 0. The molecule has 2 nitrogen and oxygen atoms in total. The number of nitrogens with zero attached hydrogens (tertiary/aromatic N) is 1. The molecule has 0 aromatic carbocycles. The molecule has 0 aliphatic carbocycles. The highest BCUT2D eigenvalue weighted by atomic mass is 35.5. The van der Waals surface area contributed by atoms with Crippen molar-refractivity contribution in [1.29, 1.82) is 0 Å². The molecule has 1 aromatic heterocycles. The van der Waals surface area contributed by atoms with Crippen LogP contribution >= 0.6 is 11.6 Å². The molecule has 0 spiro atoms. The van der Waals surface area contributed by atoms with E-state index in [4.69, 9.17) is 11.6 Å². The van der Waals surface area contributed by atoms with Gasteiger partial charge < -0.3 is 5.32 Å². The van der Waals surface area contributed by atoms with Gasteiger partial charge in [0.15, 0.2) is 0 Å². The molecule has 0 bridgehead atoms. The fourth-order valence-corrected chi connectivity index (χ4v) is 2.79. The van der Waals surface area contributed by atoms with Gasteiger partial charge >= 0.3 is 0 Å². The number of nitrogens with one attached hydrogen (secondary N) is 1. The lowest BCUT2D eigenvalue weighted by atomic mass is 10.0. The number of halogens is 1. The van der Waals surface area contributed by atoms with Gasteiger partial charge in [0.05, 0.1) is 10.7 Å². The Morgan fingerprint density at radius 3 is 2.24 bits per heavy atom. The summed E-state index contributed by atoms with van der Waals surface area (Å²) >= 11 is 5.91. The SMILES string of the molecule is CCCCCCCCCCC(NCC)c1ccc(Cl)cn1. The number of hydrogen-bond donors (Lipinski definition) is 1. The average Bonchev–Trinajstić information content (AvgIpc) is 2.50. The minimum atomic E-state index is 0.368. The van der Waals surface area contributed by atoms with E-state index in [9.17, 15) is 0 Å². The molecule has 0 radical (unpaired) electrons. The maximum atomic E-state index is 5.91. The largest absolute Gasteiger partial charge is 0.309 e. The van der Waals surface area contributed by atoms with Crippen molar-refractivity contribution in [2.45, 2.75) is 77.7 Å². The molecule has 1 heterocycles. The summed E-state index contributed by atoms with van der Waals surface area (Å²) in [5.41, 5.74) is 1.11. The quantitative estimate of drug-likeness (QED) is 0.485. The third-order valence-electron chi connectivity index (χ3n) is 3.90. The zero-order chi connectivity index (χ0) is 15.3. The van der Waals surface area contributed by atoms with Crippen molar-refractivity contribution in [1.82, 2.24) is 10.3 Å². The Labute approximate surface area is 135 Å². The summed E-state index contributed by atoms with van der Waals surface area (Å²) in [6, 6.07) is 4.34. The van der Waals surface area contributed by atoms with Crippen LogP contribution in [0.3, 0.4) is 0 Å². The van der Waals surface area contributed by atoms with Gasteiger partial charge in [0.2, 0.25) is 0 Å². The lowest BCUT2D eigenvalue weighted by Gasteiger charge is -2.17. The molecule has 1 rings (SSSR count). The first-order valence-corrected chi connectivity index (χ1v) is 9.00. The lowest BCUT2D eigenvalue weighted by molar-refractivity contribution is 0.467. The summed E-state index contributed by atoms with van der Waals surface area (Å²) in [6.07, 6.45) is 13.8. The molecule has 1 N–H and O–H groups in total. The van der Waals surface area contributed by atoms with Crippen LogP contribution in [0.25, 0.3) is 0 Å². The predicted molar refractivity (Wildman–Crippen MR) is 92.9 cm³/mol. The van der Waals surface area contributed by atoms with Gasteiger partial charge in [-0.2, -0.15) is 0 Å². The third kappa shape index (κ3) is 8.43. The van der Waals surface area contributed by atoms with E-state index in [-0.39, 0.29) is 0 Å². The molecule has 1 aromatic rings. The molecule has 1 atom stereocenters. The molecular formula is C18H31ClN2. The van der Waals surface area contributed by atoms with Gasteiger partial charge in [-0.3, -0.25) is 4.98 Å². The number of rotatable bonds is 12. The van der Waals surface area contributed by atoms with E-state index < -0.39 is 0 Å². The number of hydrogen-bond acceptors (Lipinski definition) is 2. The molecule has 120 valence electrons. The van der Waals surface area contributed by atoms with Crippen molar-refractivity contribution in [3.63, 3.8) is 0 Å². The predicted octanol–water partition coefficient (Wildman–Crippen LogP) is 5.92. The Morgan fingerprint density at radius 1 is 1.00 bits per heavy atom. The molecule has 1 unspecified atom stereocenters. The van der Waals surface area contributed by atoms with E-state index in [1.54, 1.807) is 6.20 Å².